The van der Waals surface area contributed by atoms with Crippen LogP contribution in [0.1, 0.15) is 64.2 Å². The van der Waals surface area contributed by atoms with Crippen LogP contribution in [0.2, 0.25) is 0 Å². The number of aryl methyl sites for hydroxylation is 1. The Bertz CT molecular complexity index is 1510. The molecule has 9 nitrogen and oxygen atoms in total. The Morgan fingerprint density at radius 2 is 1.75 bits per heavy atom. The molecule has 1 aliphatic heterocycles. The average molecular weight is 545 g/mol. The van der Waals surface area contributed by atoms with Crippen molar-refractivity contribution < 1.29 is 4.79 Å². The number of carbonyl (C=O) groups is 1. The Kier molecular flexibility index (Phi) is 7.86. The lowest BCUT2D eigenvalue weighted by Gasteiger charge is -2.37. The SMILES string of the molecule is Cc1c(-c2[nH]c3ccc(N4CCN(C(=O)CN(CC(C)C)C(C)C)CC4)nc3c2C(C)C)cn2ncnc2c1C. The van der Waals surface area contributed by atoms with Crippen molar-refractivity contribution in [2.45, 2.75) is 67.3 Å². The maximum Gasteiger partial charge on any atom is 0.236 e. The van der Waals surface area contributed by atoms with Gasteiger partial charge in [-0.25, -0.2) is 14.5 Å². The fourth-order valence-electron chi connectivity index (χ4n) is 5.87. The summed E-state index contributed by atoms with van der Waals surface area (Å²) in [5.41, 5.74) is 8.69. The van der Waals surface area contributed by atoms with Crippen molar-refractivity contribution in [3.05, 3.63) is 41.3 Å². The lowest BCUT2D eigenvalue weighted by Crippen LogP contribution is -2.52. The number of anilines is 1. The Balaban J connectivity index is 1.38. The van der Waals surface area contributed by atoms with E-state index in [9.17, 15) is 4.79 Å². The van der Waals surface area contributed by atoms with Crippen molar-refractivity contribution in [3.63, 3.8) is 0 Å². The fourth-order valence-corrected chi connectivity index (χ4v) is 5.87. The van der Waals surface area contributed by atoms with Crippen LogP contribution in [0, 0.1) is 19.8 Å². The van der Waals surface area contributed by atoms with E-state index in [2.05, 4.69) is 98.6 Å². The molecule has 9 heteroatoms. The summed E-state index contributed by atoms with van der Waals surface area (Å²) < 4.78 is 1.86. The van der Waals surface area contributed by atoms with E-state index in [4.69, 9.17) is 4.98 Å². The summed E-state index contributed by atoms with van der Waals surface area (Å²) in [6, 6.07) is 4.61. The van der Waals surface area contributed by atoms with Crippen molar-refractivity contribution in [1.29, 1.82) is 0 Å². The molecule has 4 aromatic rings. The zero-order valence-electron chi connectivity index (χ0n) is 25.3. The smallest absolute Gasteiger partial charge is 0.236 e. The second kappa shape index (κ2) is 11.2. The van der Waals surface area contributed by atoms with Gasteiger partial charge < -0.3 is 14.8 Å². The highest BCUT2D eigenvalue weighted by atomic mass is 16.2. The molecule has 1 N–H and O–H groups in total. The molecular formula is C31H44N8O. The largest absolute Gasteiger partial charge is 0.353 e. The number of fused-ring (bicyclic) bond motifs is 2. The summed E-state index contributed by atoms with van der Waals surface area (Å²) in [6.07, 6.45) is 3.67. The van der Waals surface area contributed by atoms with Crippen LogP contribution in [0.3, 0.4) is 0 Å². The molecule has 5 heterocycles. The van der Waals surface area contributed by atoms with E-state index in [0.29, 0.717) is 18.5 Å². The van der Waals surface area contributed by atoms with Crippen LogP contribution in [0.15, 0.2) is 24.7 Å². The zero-order valence-corrected chi connectivity index (χ0v) is 25.3. The number of aromatic amines is 1. The minimum Gasteiger partial charge on any atom is -0.353 e. The first-order valence-electron chi connectivity index (χ1n) is 14.6. The predicted molar refractivity (Wildman–Crippen MR) is 162 cm³/mol. The zero-order chi connectivity index (χ0) is 28.7. The molecule has 40 heavy (non-hydrogen) atoms. The lowest BCUT2D eigenvalue weighted by atomic mass is 9.95. The summed E-state index contributed by atoms with van der Waals surface area (Å²) in [6.45, 7) is 21.9. The summed E-state index contributed by atoms with van der Waals surface area (Å²) in [5.74, 6) is 2.01. The maximum atomic E-state index is 13.1. The quantitative estimate of drug-likeness (QED) is 0.335. The summed E-state index contributed by atoms with van der Waals surface area (Å²) in [4.78, 5) is 33.0. The Labute approximate surface area is 237 Å². The van der Waals surface area contributed by atoms with Crippen LogP contribution in [-0.2, 0) is 4.79 Å². The maximum absolute atomic E-state index is 13.1. The van der Waals surface area contributed by atoms with Crippen LogP contribution in [0.4, 0.5) is 5.82 Å². The first-order chi connectivity index (χ1) is 19.0. The van der Waals surface area contributed by atoms with Gasteiger partial charge in [0, 0.05) is 56.1 Å². The molecule has 214 valence electrons. The normalized spacial score (nSPS) is 14.7. The van der Waals surface area contributed by atoms with E-state index in [1.165, 1.54) is 11.1 Å². The van der Waals surface area contributed by atoms with Gasteiger partial charge in [0.1, 0.15) is 12.1 Å². The molecule has 0 aliphatic carbocycles. The second-order valence-corrected chi connectivity index (χ2v) is 12.2. The molecule has 1 aliphatic rings. The standard InChI is InChI=1S/C31H44N8O/c1-19(2)15-38(21(5)6)17-27(40)37-13-11-36(12-14-37)26-10-9-25-30(35-26)28(20(3)4)29(34-25)24-16-39-31(32-18-33-39)23(8)22(24)7/h9-10,16,18-21,34H,11-15,17H2,1-8H3. The molecule has 0 spiro atoms. The summed E-state index contributed by atoms with van der Waals surface area (Å²) >= 11 is 0. The first-order valence-corrected chi connectivity index (χ1v) is 14.6. The van der Waals surface area contributed by atoms with Gasteiger partial charge >= 0.3 is 0 Å². The van der Waals surface area contributed by atoms with Crippen LogP contribution in [0.5, 0.6) is 0 Å². The van der Waals surface area contributed by atoms with Crippen LogP contribution in [-0.4, -0.2) is 85.6 Å². The number of H-pyrrole nitrogens is 1. The minimum absolute atomic E-state index is 0.227. The number of amides is 1. The number of pyridine rings is 2. The molecule has 0 radical (unpaired) electrons. The monoisotopic (exact) mass is 544 g/mol. The van der Waals surface area contributed by atoms with Crippen LogP contribution < -0.4 is 4.90 Å². The minimum atomic E-state index is 0.227. The number of aromatic nitrogens is 5. The molecule has 1 fully saturated rings. The molecule has 1 amide bonds. The number of carbonyl (C=O) groups excluding carboxylic acids is 1. The van der Waals surface area contributed by atoms with E-state index < -0.39 is 0 Å². The first kappa shape index (κ1) is 28.1. The van der Waals surface area contributed by atoms with Gasteiger partial charge in [0.05, 0.1) is 23.3 Å². The second-order valence-electron chi connectivity index (χ2n) is 12.2. The Hall–Kier alpha value is -3.46. The van der Waals surface area contributed by atoms with Gasteiger partial charge in [-0.05, 0) is 62.8 Å². The molecular weight excluding hydrogens is 500 g/mol. The number of nitrogens with zero attached hydrogens (tertiary/aromatic N) is 7. The van der Waals surface area contributed by atoms with E-state index in [1.807, 2.05) is 9.42 Å². The highest BCUT2D eigenvalue weighted by molar-refractivity contribution is 5.90. The number of hydrogen-bond acceptors (Lipinski definition) is 6. The third-order valence-corrected chi connectivity index (χ3v) is 8.26. The van der Waals surface area contributed by atoms with Crippen molar-refractivity contribution >= 4 is 28.4 Å². The van der Waals surface area contributed by atoms with E-state index >= 15 is 0 Å². The summed E-state index contributed by atoms with van der Waals surface area (Å²) in [7, 11) is 0. The lowest BCUT2D eigenvalue weighted by molar-refractivity contribution is -0.133. The third kappa shape index (κ3) is 5.31. The molecule has 4 aromatic heterocycles. The molecule has 5 rings (SSSR count). The van der Waals surface area contributed by atoms with Crippen molar-refractivity contribution in [1.82, 2.24) is 34.4 Å². The number of nitrogens with one attached hydrogen (secondary N) is 1. The van der Waals surface area contributed by atoms with Crippen molar-refractivity contribution in [2.75, 3.05) is 44.2 Å². The van der Waals surface area contributed by atoms with E-state index in [1.54, 1.807) is 6.33 Å². The van der Waals surface area contributed by atoms with Crippen molar-refractivity contribution in [3.8, 4) is 11.3 Å². The van der Waals surface area contributed by atoms with E-state index in [-0.39, 0.29) is 11.8 Å². The van der Waals surface area contributed by atoms with Gasteiger partial charge in [-0.1, -0.05) is 27.7 Å². The third-order valence-electron chi connectivity index (χ3n) is 8.26. The molecule has 0 saturated carbocycles. The van der Waals surface area contributed by atoms with Gasteiger partial charge in [0.25, 0.3) is 0 Å². The van der Waals surface area contributed by atoms with Crippen molar-refractivity contribution in [2.24, 2.45) is 5.92 Å². The highest BCUT2D eigenvalue weighted by Gasteiger charge is 2.26. The summed E-state index contributed by atoms with van der Waals surface area (Å²) in [5, 5.41) is 4.40. The van der Waals surface area contributed by atoms with Gasteiger partial charge in [0.15, 0.2) is 5.65 Å². The molecule has 0 unspecified atom stereocenters. The molecule has 0 atom stereocenters. The van der Waals surface area contributed by atoms with Gasteiger partial charge in [-0.3, -0.25) is 9.69 Å². The highest BCUT2D eigenvalue weighted by Crippen LogP contribution is 2.38. The van der Waals surface area contributed by atoms with Gasteiger partial charge in [0.2, 0.25) is 5.91 Å². The van der Waals surface area contributed by atoms with Gasteiger partial charge in [-0.15, -0.1) is 0 Å². The predicted octanol–water partition coefficient (Wildman–Crippen LogP) is 5.03. The molecule has 0 bridgehead atoms. The fraction of sp³-hybridized carbons (Fsp3) is 0.548. The van der Waals surface area contributed by atoms with Crippen LogP contribution >= 0.6 is 0 Å². The number of rotatable bonds is 8. The number of hydrogen-bond donors (Lipinski definition) is 1. The average Bonchev–Trinajstić information content (AvgIpc) is 3.54. The van der Waals surface area contributed by atoms with Gasteiger partial charge in [-0.2, -0.15) is 5.10 Å². The Morgan fingerprint density at radius 1 is 1.02 bits per heavy atom. The Morgan fingerprint density at radius 3 is 2.40 bits per heavy atom. The number of piperazine rings is 1. The van der Waals surface area contributed by atoms with Crippen LogP contribution in [0.25, 0.3) is 27.9 Å². The van der Waals surface area contributed by atoms with E-state index in [0.717, 1.165) is 72.0 Å². The topological polar surface area (TPSA) is 85.7 Å². The molecule has 1 saturated heterocycles. The molecule has 0 aromatic carbocycles.